The van der Waals surface area contributed by atoms with E-state index in [1.165, 1.54) is 0 Å². The van der Waals surface area contributed by atoms with Gasteiger partial charge in [0.2, 0.25) is 5.60 Å². The summed E-state index contributed by atoms with van der Waals surface area (Å²) >= 11 is 0. The zero-order chi connectivity index (χ0) is 17.9. The predicted octanol–water partition coefficient (Wildman–Crippen LogP) is -0.129. The Labute approximate surface area is 171 Å². The number of esters is 1. The minimum atomic E-state index is -1.79. The number of hydrogen-bond donors (Lipinski definition) is 2. The van der Waals surface area contributed by atoms with Gasteiger partial charge in [0.15, 0.2) is 6.10 Å². The number of likely N-dealkylation sites (tertiary alicyclic amines) is 1. The molecule has 6 heteroatoms. The first kappa shape index (κ1) is 23.3. The molecular weight excluding hydrogens is 408 g/mol. The van der Waals surface area contributed by atoms with Crippen molar-refractivity contribution in [3.8, 4) is 0 Å². The van der Waals surface area contributed by atoms with Gasteiger partial charge in [0.1, 0.15) is 6.54 Å². The first-order valence-corrected chi connectivity index (χ1v) is 8.78. The van der Waals surface area contributed by atoms with Crippen LogP contribution < -0.4 is 23.1 Å². The van der Waals surface area contributed by atoms with Gasteiger partial charge in [0.25, 0.3) is 0 Å². The highest BCUT2D eigenvalue weighted by Crippen LogP contribution is 2.32. The molecule has 3 rings (SSSR count). The summed E-state index contributed by atoms with van der Waals surface area (Å²) in [5, 5.41) is 11.4. The zero-order valence-electron chi connectivity index (χ0n) is 16.0. The fourth-order valence-corrected chi connectivity index (χ4v) is 3.57. The Morgan fingerprint density at radius 3 is 1.96 bits per heavy atom. The number of carbonyl (C=O) groups is 1. The van der Waals surface area contributed by atoms with E-state index in [1.54, 1.807) is 24.3 Å². The molecule has 0 amide bonds. The average Bonchev–Trinajstić information content (AvgIpc) is 2.61. The van der Waals surface area contributed by atoms with Crippen LogP contribution in [0.2, 0.25) is 0 Å². The molecule has 1 fully saturated rings. The van der Waals surface area contributed by atoms with Crippen molar-refractivity contribution in [1.82, 2.24) is 6.15 Å². The minimum Gasteiger partial charge on any atom is -1.00 e. The van der Waals surface area contributed by atoms with Crippen molar-refractivity contribution in [3.05, 3.63) is 71.8 Å². The van der Waals surface area contributed by atoms with Crippen LogP contribution in [0.1, 0.15) is 24.0 Å². The number of quaternary nitrogens is 1. The summed E-state index contributed by atoms with van der Waals surface area (Å²) < 4.78 is 6.62. The largest absolute Gasteiger partial charge is 1.00 e. The zero-order valence-corrected chi connectivity index (χ0v) is 17.6. The number of carbonyl (C=O) groups excluding carboxylic acids is 1. The van der Waals surface area contributed by atoms with Gasteiger partial charge in [-0.05, 0) is 17.5 Å². The number of rotatable bonds is 4. The summed E-state index contributed by atoms with van der Waals surface area (Å²) in [7, 11) is 4.28. The number of benzene rings is 2. The molecule has 1 saturated heterocycles. The second-order valence-electron chi connectivity index (χ2n) is 7.45. The molecule has 0 aromatic heterocycles. The number of hydrogen-bond acceptors (Lipinski definition) is 4. The van der Waals surface area contributed by atoms with E-state index in [-0.39, 0.29) is 29.2 Å². The maximum Gasteiger partial charge on any atom is 0.348 e. The van der Waals surface area contributed by atoms with Crippen molar-refractivity contribution in [2.75, 3.05) is 27.2 Å². The smallest absolute Gasteiger partial charge is 0.348 e. The van der Waals surface area contributed by atoms with E-state index >= 15 is 0 Å². The second kappa shape index (κ2) is 9.46. The Kier molecular flexibility index (Phi) is 8.17. The Morgan fingerprint density at radius 1 is 1.04 bits per heavy atom. The normalized spacial score (nSPS) is 18.6. The van der Waals surface area contributed by atoms with Crippen LogP contribution in [-0.4, -0.2) is 48.8 Å². The lowest BCUT2D eigenvalue weighted by Crippen LogP contribution is -3.00. The lowest BCUT2D eigenvalue weighted by atomic mass is 9.86. The molecule has 148 valence electrons. The number of likely N-dealkylation sites (N-methyl/N-ethyl adjacent to an activating group) is 1. The van der Waals surface area contributed by atoms with E-state index in [2.05, 4.69) is 14.1 Å². The van der Waals surface area contributed by atoms with Gasteiger partial charge in [-0.1, -0.05) is 60.7 Å². The van der Waals surface area contributed by atoms with Crippen LogP contribution in [0, 0.1) is 0 Å². The van der Waals surface area contributed by atoms with Gasteiger partial charge in [0.05, 0.1) is 20.6 Å². The van der Waals surface area contributed by atoms with Crippen molar-refractivity contribution < 1.29 is 36.1 Å². The van der Waals surface area contributed by atoms with Crippen molar-refractivity contribution in [2.24, 2.45) is 0 Å². The molecule has 0 spiro atoms. The summed E-state index contributed by atoms with van der Waals surface area (Å²) in [6, 6.07) is 18.0. The summed E-state index contributed by atoms with van der Waals surface area (Å²) in [5.74, 6) is -0.600. The average molecular weight is 437 g/mol. The van der Waals surface area contributed by atoms with E-state index in [1.807, 2.05) is 36.4 Å². The topological polar surface area (TPSA) is 81.5 Å². The quantitative estimate of drug-likeness (QED) is 0.516. The fourth-order valence-electron chi connectivity index (χ4n) is 3.57. The number of halogens is 1. The van der Waals surface area contributed by atoms with Crippen molar-refractivity contribution in [1.29, 1.82) is 0 Å². The minimum absolute atomic E-state index is 0. The highest BCUT2D eigenvalue weighted by atomic mass is 79.9. The molecule has 1 aliphatic heterocycles. The molecule has 2 aromatic rings. The SMILES string of the molecule is C[N+]1(C)CCCC(OC(=O)C(O)(c2ccccc2)c2ccccc2)C1.N.[Br-]. The number of nitrogens with zero attached hydrogens (tertiary/aromatic N) is 1. The predicted molar refractivity (Wildman–Crippen MR) is 102 cm³/mol. The molecule has 1 heterocycles. The maximum atomic E-state index is 13.1. The standard InChI is InChI=1S/C21H26NO3.BrH.H3N/c1-22(2)15-9-14-19(16-22)25-20(23)21(24,17-10-5-3-6-11-17)18-12-7-4-8-13-18;;/h3-8,10-13,19,24H,9,14-16H2,1-2H3;1H;1H3/q+1;;/p-1. The molecule has 4 N–H and O–H groups in total. The van der Waals surface area contributed by atoms with Gasteiger partial charge in [-0.25, -0.2) is 4.79 Å². The van der Waals surface area contributed by atoms with Crippen LogP contribution in [0.15, 0.2) is 60.7 Å². The third-order valence-electron chi connectivity index (χ3n) is 4.94. The molecule has 1 unspecified atom stereocenters. The fraction of sp³-hybridized carbons (Fsp3) is 0.381. The summed E-state index contributed by atoms with van der Waals surface area (Å²) in [5.41, 5.74) is -0.747. The monoisotopic (exact) mass is 436 g/mol. The lowest BCUT2D eigenvalue weighted by Gasteiger charge is -2.38. The number of piperidine rings is 1. The van der Waals surface area contributed by atoms with Crippen LogP contribution in [0.25, 0.3) is 0 Å². The molecular formula is C21H29BrN2O3. The highest BCUT2D eigenvalue weighted by molar-refractivity contribution is 5.85. The third-order valence-corrected chi connectivity index (χ3v) is 4.94. The van der Waals surface area contributed by atoms with Gasteiger partial charge in [0, 0.05) is 6.42 Å². The Morgan fingerprint density at radius 2 is 1.52 bits per heavy atom. The van der Waals surface area contributed by atoms with E-state index < -0.39 is 11.6 Å². The van der Waals surface area contributed by atoms with Gasteiger partial charge in [-0.3, -0.25) is 0 Å². The maximum absolute atomic E-state index is 13.1. The molecule has 2 aromatic carbocycles. The van der Waals surface area contributed by atoms with Crippen LogP contribution >= 0.6 is 0 Å². The van der Waals surface area contributed by atoms with E-state index in [9.17, 15) is 9.90 Å². The summed E-state index contributed by atoms with van der Waals surface area (Å²) in [4.78, 5) is 13.1. The number of aliphatic hydroxyl groups is 1. The molecule has 5 nitrogen and oxygen atoms in total. The third kappa shape index (κ3) is 5.17. The summed E-state index contributed by atoms with van der Waals surface area (Å²) in [6.07, 6.45) is 1.68. The van der Waals surface area contributed by atoms with Crippen LogP contribution in [-0.2, 0) is 15.1 Å². The van der Waals surface area contributed by atoms with Crippen molar-refractivity contribution in [3.63, 3.8) is 0 Å². The van der Waals surface area contributed by atoms with Gasteiger partial charge in [-0.2, -0.15) is 0 Å². The lowest BCUT2D eigenvalue weighted by molar-refractivity contribution is -0.898. The number of ether oxygens (including phenoxy) is 1. The highest BCUT2D eigenvalue weighted by Gasteiger charge is 2.43. The second-order valence-corrected chi connectivity index (χ2v) is 7.45. The van der Waals surface area contributed by atoms with E-state index in [0.717, 1.165) is 30.4 Å². The van der Waals surface area contributed by atoms with Crippen LogP contribution in [0.4, 0.5) is 0 Å². The molecule has 0 saturated carbocycles. The Hall–Kier alpha value is -1.73. The van der Waals surface area contributed by atoms with Crippen LogP contribution in [0.5, 0.6) is 0 Å². The molecule has 0 radical (unpaired) electrons. The van der Waals surface area contributed by atoms with Crippen molar-refractivity contribution in [2.45, 2.75) is 24.5 Å². The van der Waals surface area contributed by atoms with E-state index in [4.69, 9.17) is 4.74 Å². The van der Waals surface area contributed by atoms with Crippen LogP contribution in [0.3, 0.4) is 0 Å². The van der Waals surface area contributed by atoms with Gasteiger partial charge in [-0.15, -0.1) is 0 Å². The molecule has 1 aliphatic rings. The van der Waals surface area contributed by atoms with Gasteiger partial charge >= 0.3 is 5.97 Å². The first-order valence-electron chi connectivity index (χ1n) is 8.78. The first-order chi connectivity index (χ1) is 11.9. The van der Waals surface area contributed by atoms with E-state index in [0.29, 0.717) is 11.1 Å². The summed E-state index contributed by atoms with van der Waals surface area (Å²) in [6.45, 7) is 1.85. The van der Waals surface area contributed by atoms with Crippen molar-refractivity contribution >= 4 is 5.97 Å². The Balaban J connectivity index is 0.00000182. The molecule has 0 bridgehead atoms. The van der Waals surface area contributed by atoms with Gasteiger partial charge < -0.3 is 37.5 Å². The Bertz CT molecular complexity index is 683. The molecule has 27 heavy (non-hydrogen) atoms. The molecule has 1 atom stereocenters. The molecule has 0 aliphatic carbocycles.